The number of nitrogens with zero attached hydrogens (tertiary/aromatic N) is 2. The van der Waals surface area contributed by atoms with Crippen molar-refractivity contribution in [3.8, 4) is 0 Å². The Morgan fingerprint density at radius 1 is 1.19 bits per heavy atom. The van der Waals surface area contributed by atoms with Gasteiger partial charge in [0.05, 0.1) is 6.26 Å². The molecule has 1 unspecified atom stereocenters. The van der Waals surface area contributed by atoms with Crippen molar-refractivity contribution in [3.63, 3.8) is 0 Å². The highest BCUT2D eigenvalue weighted by atomic mass is 32.1. The van der Waals surface area contributed by atoms with E-state index in [9.17, 15) is 9.59 Å². The van der Waals surface area contributed by atoms with Gasteiger partial charge in [0.25, 0.3) is 5.91 Å². The van der Waals surface area contributed by atoms with E-state index in [-0.39, 0.29) is 11.7 Å². The predicted octanol–water partition coefficient (Wildman–Crippen LogP) is 3.79. The molecule has 142 valence electrons. The van der Waals surface area contributed by atoms with Crippen molar-refractivity contribution in [2.75, 3.05) is 5.32 Å². The molecular formula is C18H26N4O3S. The number of carbonyl (C=O) groups is 2. The largest absolute Gasteiger partial charge is 0.459 e. The standard InChI is InChI=1S/C18H26N4O3S/c1-3-4-5-6-7-8-11-15-21-22-18(26-15)20-16(23)13(2)19-17(24)14-10-9-12-25-14/h9-10,12-13H,3-8,11H2,1-2H3,(H,19,24)(H,20,22,23). The SMILES string of the molecule is CCCCCCCCc1nnc(NC(=O)C(C)NC(=O)c2ccco2)s1. The molecule has 0 aliphatic heterocycles. The Labute approximate surface area is 157 Å². The van der Waals surface area contributed by atoms with Gasteiger partial charge in [-0.25, -0.2) is 0 Å². The number of hydrogen-bond acceptors (Lipinski definition) is 6. The summed E-state index contributed by atoms with van der Waals surface area (Å²) in [7, 11) is 0. The van der Waals surface area contributed by atoms with Crippen molar-refractivity contribution in [1.82, 2.24) is 15.5 Å². The quantitative estimate of drug-likeness (QED) is 0.580. The number of carbonyl (C=O) groups excluding carboxylic acids is 2. The van der Waals surface area contributed by atoms with E-state index in [4.69, 9.17) is 4.42 Å². The van der Waals surface area contributed by atoms with E-state index in [1.54, 1.807) is 19.1 Å². The Kier molecular flexibility index (Phi) is 8.27. The Bertz CT molecular complexity index is 684. The molecule has 0 aliphatic carbocycles. The van der Waals surface area contributed by atoms with Crippen molar-refractivity contribution < 1.29 is 14.0 Å². The number of aryl methyl sites for hydroxylation is 1. The lowest BCUT2D eigenvalue weighted by Gasteiger charge is -2.11. The normalized spacial score (nSPS) is 11.9. The van der Waals surface area contributed by atoms with E-state index in [2.05, 4.69) is 27.8 Å². The van der Waals surface area contributed by atoms with Crippen LogP contribution in [-0.2, 0) is 11.2 Å². The monoisotopic (exact) mass is 378 g/mol. The number of anilines is 1. The van der Waals surface area contributed by atoms with E-state index >= 15 is 0 Å². The minimum atomic E-state index is -0.710. The van der Waals surface area contributed by atoms with Crippen LogP contribution in [-0.4, -0.2) is 28.1 Å². The van der Waals surface area contributed by atoms with Gasteiger partial charge in [-0.2, -0.15) is 0 Å². The number of rotatable bonds is 11. The second-order valence-corrected chi connectivity index (χ2v) is 7.24. The molecule has 8 heteroatoms. The van der Waals surface area contributed by atoms with Gasteiger partial charge in [0.1, 0.15) is 11.0 Å². The summed E-state index contributed by atoms with van der Waals surface area (Å²) in [6.07, 6.45) is 9.65. The molecule has 0 radical (unpaired) electrons. The number of unbranched alkanes of at least 4 members (excludes halogenated alkanes) is 5. The summed E-state index contributed by atoms with van der Waals surface area (Å²) in [4.78, 5) is 24.0. The van der Waals surface area contributed by atoms with E-state index < -0.39 is 11.9 Å². The Balaban J connectivity index is 1.71. The fraction of sp³-hybridized carbons (Fsp3) is 0.556. The third-order valence-corrected chi connectivity index (χ3v) is 4.83. The first-order valence-electron chi connectivity index (χ1n) is 9.07. The van der Waals surface area contributed by atoms with E-state index in [0.717, 1.165) is 17.8 Å². The van der Waals surface area contributed by atoms with Crippen LogP contribution in [0.25, 0.3) is 0 Å². The zero-order valence-corrected chi connectivity index (χ0v) is 16.1. The van der Waals surface area contributed by atoms with Crippen molar-refractivity contribution in [2.24, 2.45) is 0 Å². The molecule has 1 atom stereocenters. The third-order valence-electron chi connectivity index (χ3n) is 3.93. The van der Waals surface area contributed by atoms with Gasteiger partial charge >= 0.3 is 0 Å². The molecule has 0 saturated heterocycles. The first-order chi connectivity index (χ1) is 12.6. The van der Waals surface area contributed by atoms with Gasteiger partial charge < -0.3 is 9.73 Å². The van der Waals surface area contributed by atoms with Crippen LogP contribution in [0.4, 0.5) is 5.13 Å². The number of aromatic nitrogens is 2. The van der Waals surface area contributed by atoms with Gasteiger partial charge in [-0.05, 0) is 25.5 Å². The van der Waals surface area contributed by atoms with Crippen molar-refractivity contribution in [2.45, 2.75) is 64.8 Å². The topological polar surface area (TPSA) is 97.1 Å². The molecule has 0 aromatic carbocycles. The van der Waals surface area contributed by atoms with Crippen LogP contribution in [0.3, 0.4) is 0 Å². The van der Waals surface area contributed by atoms with Crippen LogP contribution < -0.4 is 10.6 Å². The van der Waals surface area contributed by atoms with Crippen molar-refractivity contribution >= 4 is 28.3 Å². The van der Waals surface area contributed by atoms with Crippen LogP contribution in [0.15, 0.2) is 22.8 Å². The second-order valence-electron chi connectivity index (χ2n) is 6.18. The Morgan fingerprint density at radius 2 is 1.96 bits per heavy atom. The summed E-state index contributed by atoms with van der Waals surface area (Å²) >= 11 is 1.38. The number of nitrogens with one attached hydrogen (secondary N) is 2. The van der Waals surface area contributed by atoms with Gasteiger partial charge in [-0.1, -0.05) is 50.4 Å². The van der Waals surface area contributed by atoms with Gasteiger partial charge in [0, 0.05) is 6.42 Å². The van der Waals surface area contributed by atoms with Gasteiger partial charge in [-0.3, -0.25) is 14.9 Å². The lowest BCUT2D eigenvalue weighted by atomic mass is 10.1. The maximum atomic E-state index is 12.2. The predicted molar refractivity (Wildman–Crippen MR) is 101 cm³/mol. The molecular weight excluding hydrogens is 352 g/mol. The number of amides is 2. The summed E-state index contributed by atoms with van der Waals surface area (Å²) in [5.74, 6) is -0.604. The first-order valence-corrected chi connectivity index (χ1v) is 9.89. The van der Waals surface area contributed by atoms with Gasteiger partial charge in [0.15, 0.2) is 5.76 Å². The summed E-state index contributed by atoms with van der Waals surface area (Å²) < 4.78 is 5.00. The summed E-state index contributed by atoms with van der Waals surface area (Å²) in [6.45, 7) is 3.81. The Morgan fingerprint density at radius 3 is 2.69 bits per heavy atom. The molecule has 26 heavy (non-hydrogen) atoms. The molecule has 2 rings (SSSR count). The molecule has 0 saturated carbocycles. The number of hydrogen-bond donors (Lipinski definition) is 2. The molecule has 2 aromatic heterocycles. The van der Waals surface area contributed by atoms with E-state index in [1.807, 2.05) is 0 Å². The Hall–Kier alpha value is -2.22. The average molecular weight is 378 g/mol. The van der Waals surface area contributed by atoms with Crippen molar-refractivity contribution in [3.05, 3.63) is 29.2 Å². The molecule has 2 aromatic rings. The highest BCUT2D eigenvalue weighted by Gasteiger charge is 2.19. The first kappa shape index (κ1) is 20.1. The minimum absolute atomic E-state index is 0.168. The second kappa shape index (κ2) is 10.7. The van der Waals surface area contributed by atoms with Crippen LogP contribution in [0, 0.1) is 0 Å². The average Bonchev–Trinajstić information content (AvgIpc) is 3.30. The molecule has 7 nitrogen and oxygen atoms in total. The van der Waals surface area contributed by atoms with Crippen molar-refractivity contribution in [1.29, 1.82) is 0 Å². The lowest BCUT2D eigenvalue weighted by Crippen LogP contribution is -2.41. The zero-order valence-electron chi connectivity index (χ0n) is 15.3. The van der Waals surface area contributed by atoms with Crippen LogP contribution in [0.1, 0.15) is 67.9 Å². The fourth-order valence-corrected chi connectivity index (χ4v) is 3.20. The molecule has 0 spiro atoms. The fourth-order valence-electron chi connectivity index (χ4n) is 2.42. The summed E-state index contributed by atoms with van der Waals surface area (Å²) in [5.41, 5.74) is 0. The van der Waals surface area contributed by atoms with Crippen LogP contribution >= 0.6 is 11.3 Å². The summed E-state index contributed by atoms with van der Waals surface area (Å²) in [5, 5.41) is 14.8. The molecule has 2 heterocycles. The summed E-state index contributed by atoms with van der Waals surface area (Å²) in [6, 6.07) is 2.45. The molecule has 0 bridgehead atoms. The number of furan rings is 1. The highest BCUT2D eigenvalue weighted by molar-refractivity contribution is 7.15. The maximum absolute atomic E-state index is 12.2. The lowest BCUT2D eigenvalue weighted by molar-refractivity contribution is -0.117. The smallest absolute Gasteiger partial charge is 0.287 e. The van der Waals surface area contributed by atoms with Crippen LogP contribution in [0.2, 0.25) is 0 Å². The van der Waals surface area contributed by atoms with E-state index in [0.29, 0.717) is 5.13 Å². The molecule has 2 amide bonds. The highest BCUT2D eigenvalue weighted by Crippen LogP contribution is 2.18. The van der Waals surface area contributed by atoms with E-state index in [1.165, 1.54) is 49.7 Å². The molecule has 0 aliphatic rings. The minimum Gasteiger partial charge on any atom is -0.459 e. The van der Waals surface area contributed by atoms with Crippen LogP contribution in [0.5, 0.6) is 0 Å². The van der Waals surface area contributed by atoms with Gasteiger partial charge in [-0.15, -0.1) is 10.2 Å². The van der Waals surface area contributed by atoms with Gasteiger partial charge in [0.2, 0.25) is 11.0 Å². The third kappa shape index (κ3) is 6.59. The molecule has 2 N–H and O–H groups in total. The maximum Gasteiger partial charge on any atom is 0.287 e. The molecule has 0 fully saturated rings. The zero-order chi connectivity index (χ0) is 18.8.